The van der Waals surface area contributed by atoms with Gasteiger partial charge in [-0.05, 0) is 81.0 Å². The van der Waals surface area contributed by atoms with Gasteiger partial charge in [-0.3, -0.25) is 48.5 Å². The highest BCUT2D eigenvalue weighted by Gasteiger charge is 2.34. The van der Waals surface area contributed by atoms with Crippen LogP contribution in [0.4, 0.5) is 0 Å². The summed E-state index contributed by atoms with van der Waals surface area (Å²) in [5, 5.41) is 25.6. The van der Waals surface area contributed by atoms with Crippen molar-refractivity contribution in [1.29, 1.82) is 0 Å². The SMILES string of the molecule is CC[C@H](C)[C@H](NC(=O)[C@H](CCCN=C(N)N)NC(=O)[C@H](CCCN=C(N)N)NC(=O)[C@H](Cc1ccccc1)NC(=O)[C@@H](C)NC(=O)[C@@H](N)Cc1ccc(O)cc1)C(=O)N[C@@H](CCCN=C(N)N)C(N)=O. The van der Waals surface area contributed by atoms with Gasteiger partial charge < -0.3 is 82.9 Å². The first-order valence-corrected chi connectivity index (χ1v) is 23.0. The summed E-state index contributed by atoms with van der Waals surface area (Å²) in [4.78, 5) is 107. The predicted molar refractivity (Wildman–Crippen MR) is 266 cm³/mol. The number of phenols is 1. The zero-order chi connectivity index (χ0) is 52.3. The van der Waals surface area contributed by atoms with Gasteiger partial charge >= 0.3 is 0 Å². The Morgan fingerprint density at radius 2 is 0.943 bits per heavy atom. The van der Waals surface area contributed by atoms with Gasteiger partial charge in [0.1, 0.15) is 42.0 Å². The molecule has 0 aromatic heterocycles. The fourth-order valence-electron chi connectivity index (χ4n) is 6.82. The van der Waals surface area contributed by atoms with Crippen molar-refractivity contribution in [3.63, 3.8) is 0 Å². The lowest BCUT2D eigenvalue weighted by Crippen LogP contribution is -2.60. The van der Waals surface area contributed by atoms with E-state index in [0.29, 0.717) is 24.0 Å². The number of phenolic OH excluding ortho intramolecular Hbond substituents is 1. The molecule has 0 spiro atoms. The largest absolute Gasteiger partial charge is 0.508 e. The molecule has 2 aromatic carbocycles. The van der Waals surface area contributed by atoms with Crippen molar-refractivity contribution in [2.45, 2.75) is 121 Å². The molecule has 25 heteroatoms. The van der Waals surface area contributed by atoms with Crippen molar-refractivity contribution < 1.29 is 38.7 Å². The van der Waals surface area contributed by atoms with Crippen LogP contribution in [-0.4, -0.2) is 126 Å². The number of aliphatic imine (C=N–C) groups is 3. The number of nitrogens with one attached hydrogen (secondary N) is 6. The van der Waals surface area contributed by atoms with Gasteiger partial charge in [0.15, 0.2) is 17.9 Å². The van der Waals surface area contributed by atoms with E-state index in [2.05, 4.69) is 46.9 Å². The van der Waals surface area contributed by atoms with Gasteiger partial charge in [-0.15, -0.1) is 0 Å². The van der Waals surface area contributed by atoms with Crippen molar-refractivity contribution in [2.24, 2.45) is 66.8 Å². The third-order valence-corrected chi connectivity index (χ3v) is 11.0. The molecule has 0 fully saturated rings. The number of benzene rings is 2. The molecule has 0 bridgehead atoms. The second-order valence-electron chi connectivity index (χ2n) is 16.8. The Balaban J connectivity index is 2.42. The maximum absolute atomic E-state index is 14.3. The maximum atomic E-state index is 14.3. The number of aromatic hydroxyl groups is 1. The molecule has 386 valence electrons. The van der Waals surface area contributed by atoms with Crippen LogP contribution in [0.15, 0.2) is 69.6 Å². The highest BCUT2D eigenvalue weighted by Crippen LogP contribution is 2.14. The van der Waals surface area contributed by atoms with Crippen LogP contribution in [0, 0.1) is 5.92 Å². The van der Waals surface area contributed by atoms with E-state index in [9.17, 15) is 38.7 Å². The first-order chi connectivity index (χ1) is 33.1. The van der Waals surface area contributed by atoms with E-state index in [0.717, 1.165) is 0 Å². The third-order valence-electron chi connectivity index (χ3n) is 11.0. The predicted octanol–water partition coefficient (Wildman–Crippen LogP) is -3.87. The van der Waals surface area contributed by atoms with Gasteiger partial charge in [-0.1, -0.05) is 62.7 Å². The minimum absolute atomic E-state index is 0.0381. The van der Waals surface area contributed by atoms with Crippen molar-refractivity contribution in [3.05, 3.63) is 65.7 Å². The van der Waals surface area contributed by atoms with E-state index in [4.69, 9.17) is 45.9 Å². The average Bonchev–Trinajstić information content (AvgIpc) is 3.30. The van der Waals surface area contributed by atoms with E-state index in [1.807, 2.05) is 0 Å². The Morgan fingerprint density at radius 1 is 0.514 bits per heavy atom. The average molecular weight is 980 g/mol. The summed E-state index contributed by atoms with van der Waals surface area (Å²) in [5.41, 5.74) is 45.9. The van der Waals surface area contributed by atoms with Gasteiger partial charge in [-0.25, -0.2) is 0 Å². The number of carbonyl (C=O) groups excluding carboxylic acids is 7. The summed E-state index contributed by atoms with van der Waals surface area (Å²) < 4.78 is 0. The van der Waals surface area contributed by atoms with Crippen LogP contribution in [0.25, 0.3) is 0 Å². The second-order valence-corrected chi connectivity index (χ2v) is 16.8. The fraction of sp³-hybridized carbons (Fsp3) is 0.511. The van der Waals surface area contributed by atoms with Crippen LogP contribution >= 0.6 is 0 Å². The Labute approximate surface area is 407 Å². The molecule has 70 heavy (non-hydrogen) atoms. The second kappa shape index (κ2) is 30.6. The van der Waals surface area contributed by atoms with Crippen LogP contribution in [0.2, 0.25) is 0 Å². The summed E-state index contributed by atoms with van der Waals surface area (Å²) in [5.74, 6) is -6.26. The molecule has 23 N–H and O–H groups in total. The molecule has 0 unspecified atom stereocenters. The van der Waals surface area contributed by atoms with Gasteiger partial charge in [0.2, 0.25) is 41.4 Å². The monoisotopic (exact) mass is 980 g/mol. The third kappa shape index (κ3) is 22.4. The summed E-state index contributed by atoms with van der Waals surface area (Å²) in [6.45, 7) is 5.23. The quantitative estimate of drug-likeness (QED) is 0.0195. The highest BCUT2D eigenvalue weighted by atomic mass is 16.3. The zero-order valence-electron chi connectivity index (χ0n) is 40.1. The molecule has 8 atom stereocenters. The Morgan fingerprint density at radius 3 is 1.41 bits per heavy atom. The molecular weight excluding hydrogens is 907 g/mol. The number of carbonyl (C=O) groups is 7. The molecule has 2 aromatic rings. The summed E-state index contributed by atoms with van der Waals surface area (Å²) >= 11 is 0. The number of nitrogens with two attached hydrogens (primary N) is 8. The van der Waals surface area contributed by atoms with Crippen LogP contribution < -0.4 is 77.8 Å². The number of guanidine groups is 3. The topological polar surface area (TPSA) is 457 Å². The van der Waals surface area contributed by atoms with Crippen LogP contribution in [0.1, 0.15) is 76.8 Å². The lowest BCUT2D eigenvalue weighted by molar-refractivity contribution is -0.136. The van der Waals surface area contributed by atoms with E-state index in [1.165, 1.54) is 19.1 Å². The van der Waals surface area contributed by atoms with E-state index < -0.39 is 89.6 Å². The van der Waals surface area contributed by atoms with Crippen molar-refractivity contribution in [1.82, 2.24) is 31.9 Å². The number of primary amides is 1. The van der Waals surface area contributed by atoms with E-state index in [-0.39, 0.29) is 88.2 Å². The maximum Gasteiger partial charge on any atom is 0.243 e. The molecule has 0 saturated heterocycles. The first kappa shape index (κ1) is 58.4. The Bertz CT molecular complexity index is 2110. The standard InChI is InChI=1S/C45H73N17O8/c1-4-25(2)35(42(70)58-31(36(47)64)13-8-20-54-43(48)49)62-40(68)33(15-10-22-56-45(52)53)59-39(67)32(14-9-21-55-44(50)51)60-41(69)34(24-27-11-6-5-7-12-27)61-37(65)26(3)57-38(66)30(46)23-28-16-18-29(63)19-17-28/h5-7,11-12,16-19,25-26,30-35,63H,4,8-10,13-15,20-24,46H2,1-3H3,(H2,47,64)(H,57,66)(H,58,70)(H,59,67)(H,60,69)(H,61,65)(H,62,68)(H4,48,49,54)(H4,50,51,55)(H4,52,53,56)/t25-,26+,30-,31-,32-,33-,34-,35-/m0/s1. The summed E-state index contributed by atoms with van der Waals surface area (Å²) in [6.07, 6.45) is 1.14. The minimum Gasteiger partial charge on any atom is -0.508 e. The number of hydrogen-bond acceptors (Lipinski definition) is 12. The molecular formula is C45H73N17O8. The Kier molecular flexibility index (Phi) is 25.6. The van der Waals surface area contributed by atoms with E-state index in [1.54, 1.807) is 56.3 Å². The number of rotatable bonds is 31. The molecule has 0 radical (unpaired) electrons. The first-order valence-electron chi connectivity index (χ1n) is 23.0. The molecule has 25 nitrogen and oxygen atoms in total. The normalized spacial score (nSPS) is 14.2. The summed E-state index contributed by atoms with van der Waals surface area (Å²) in [6, 6.07) is 6.36. The zero-order valence-corrected chi connectivity index (χ0v) is 40.1. The van der Waals surface area contributed by atoms with Crippen LogP contribution in [0.5, 0.6) is 5.75 Å². The molecule has 0 aliphatic rings. The Hall–Kier alpha value is -7.70. The molecule has 0 aliphatic carbocycles. The molecule has 0 heterocycles. The van der Waals surface area contributed by atoms with Gasteiger partial charge in [0.05, 0.1) is 6.04 Å². The number of nitrogens with zero attached hydrogens (tertiary/aromatic N) is 3. The number of amides is 7. The van der Waals surface area contributed by atoms with Gasteiger partial charge in [0, 0.05) is 26.1 Å². The van der Waals surface area contributed by atoms with Gasteiger partial charge in [0.25, 0.3) is 0 Å². The molecule has 2 rings (SSSR count). The smallest absolute Gasteiger partial charge is 0.243 e. The van der Waals surface area contributed by atoms with Crippen LogP contribution in [-0.2, 0) is 46.4 Å². The molecule has 7 amide bonds. The summed E-state index contributed by atoms with van der Waals surface area (Å²) in [7, 11) is 0. The highest BCUT2D eigenvalue weighted by molar-refractivity contribution is 5.97. The lowest BCUT2D eigenvalue weighted by Gasteiger charge is -2.29. The van der Waals surface area contributed by atoms with Crippen LogP contribution in [0.3, 0.4) is 0 Å². The lowest BCUT2D eigenvalue weighted by atomic mass is 9.96. The minimum atomic E-state index is -1.34. The van der Waals surface area contributed by atoms with E-state index >= 15 is 0 Å². The van der Waals surface area contributed by atoms with Crippen molar-refractivity contribution in [2.75, 3.05) is 19.6 Å². The van der Waals surface area contributed by atoms with Gasteiger partial charge in [-0.2, -0.15) is 0 Å². The van der Waals surface area contributed by atoms with Crippen molar-refractivity contribution >= 4 is 59.2 Å². The molecule has 0 aliphatic heterocycles. The molecule has 0 saturated carbocycles. The number of hydrogen-bond donors (Lipinski definition) is 15. The fourth-order valence-corrected chi connectivity index (χ4v) is 6.82. The van der Waals surface area contributed by atoms with Crippen molar-refractivity contribution in [3.8, 4) is 5.75 Å².